The van der Waals surface area contributed by atoms with Crippen molar-refractivity contribution in [2.75, 3.05) is 45.9 Å². The van der Waals surface area contributed by atoms with Crippen molar-refractivity contribution in [2.45, 2.75) is 75.8 Å². The molecule has 4 aliphatic rings. The van der Waals surface area contributed by atoms with Crippen LogP contribution in [0.4, 0.5) is 0 Å². The minimum atomic E-state index is -0.642. The molecule has 6 rings (SSSR count). The second-order valence-electron chi connectivity index (χ2n) is 13.5. The number of nitrogens with zero attached hydrogens (tertiary/aromatic N) is 3. The summed E-state index contributed by atoms with van der Waals surface area (Å²) in [6, 6.07) is 20.3. The molecule has 0 aromatic heterocycles. The Labute approximate surface area is 257 Å². The molecular formula is C36H49N3O4. The van der Waals surface area contributed by atoms with E-state index in [9.17, 15) is 14.7 Å². The van der Waals surface area contributed by atoms with Crippen molar-refractivity contribution >= 4 is 11.9 Å². The second kappa shape index (κ2) is 14.3. The van der Waals surface area contributed by atoms with Crippen LogP contribution in [0.15, 0.2) is 60.7 Å². The average molecular weight is 588 g/mol. The molecule has 2 heterocycles. The van der Waals surface area contributed by atoms with Gasteiger partial charge in [-0.25, -0.2) is 0 Å². The van der Waals surface area contributed by atoms with Crippen LogP contribution >= 0.6 is 0 Å². The molecule has 2 aliphatic heterocycles. The Morgan fingerprint density at radius 3 is 2.19 bits per heavy atom. The molecule has 2 aromatic rings. The van der Waals surface area contributed by atoms with Crippen molar-refractivity contribution in [3.05, 3.63) is 66.2 Å². The molecular weight excluding hydrogens is 538 g/mol. The van der Waals surface area contributed by atoms with Gasteiger partial charge in [-0.3, -0.25) is 14.5 Å². The Balaban J connectivity index is 1.08. The van der Waals surface area contributed by atoms with Gasteiger partial charge < -0.3 is 19.6 Å². The lowest BCUT2D eigenvalue weighted by Crippen LogP contribution is -2.50. The Hall–Kier alpha value is -2.90. The molecule has 4 fully saturated rings. The third kappa shape index (κ3) is 7.79. The van der Waals surface area contributed by atoms with E-state index in [1.54, 1.807) is 0 Å². The fourth-order valence-electron chi connectivity index (χ4n) is 8.02. The highest BCUT2D eigenvalue weighted by Gasteiger charge is 2.43. The van der Waals surface area contributed by atoms with Gasteiger partial charge in [-0.15, -0.1) is 0 Å². The minimum absolute atomic E-state index is 0.0966. The molecule has 43 heavy (non-hydrogen) atoms. The van der Waals surface area contributed by atoms with Gasteiger partial charge >= 0.3 is 5.97 Å². The maximum Gasteiger partial charge on any atom is 0.321 e. The molecule has 3 atom stereocenters. The SMILES string of the molecule is O=C(O)[C@@H](C1CCCCC1)N1C[C@H](CN2CCC(N(CC3CC3)C(=O)COc3ccccc3)CC2)[C@@H](c2ccccc2)C1. The third-order valence-electron chi connectivity index (χ3n) is 10.5. The molecule has 232 valence electrons. The van der Waals surface area contributed by atoms with Crippen LogP contribution in [0.25, 0.3) is 0 Å². The van der Waals surface area contributed by atoms with Crippen LogP contribution < -0.4 is 4.74 Å². The lowest BCUT2D eigenvalue weighted by atomic mass is 9.83. The summed E-state index contributed by atoms with van der Waals surface area (Å²) in [5, 5.41) is 10.4. The van der Waals surface area contributed by atoms with Crippen LogP contribution in [-0.2, 0) is 9.59 Å². The number of carbonyl (C=O) groups is 2. The summed E-state index contributed by atoms with van der Waals surface area (Å²) in [6.07, 6.45) is 10.0. The van der Waals surface area contributed by atoms with Gasteiger partial charge in [0.15, 0.2) is 6.61 Å². The van der Waals surface area contributed by atoms with Crippen LogP contribution in [0.3, 0.4) is 0 Å². The zero-order chi connectivity index (χ0) is 29.6. The highest BCUT2D eigenvalue weighted by atomic mass is 16.5. The Kier molecular flexibility index (Phi) is 9.99. The van der Waals surface area contributed by atoms with E-state index < -0.39 is 5.97 Å². The number of para-hydroxylation sites is 1. The second-order valence-corrected chi connectivity index (χ2v) is 13.5. The van der Waals surface area contributed by atoms with E-state index in [1.165, 1.54) is 24.8 Å². The number of amides is 1. The van der Waals surface area contributed by atoms with Crippen molar-refractivity contribution in [3.63, 3.8) is 0 Å². The van der Waals surface area contributed by atoms with Gasteiger partial charge in [0.25, 0.3) is 5.91 Å². The number of aliphatic carboxylic acids is 1. The number of benzene rings is 2. The first-order chi connectivity index (χ1) is 21.0. The van der Waals surface area contributed by atoms with Gasteiger partial charge in [-0.05, 0) is 74.0 Å². The van der Waals surface area contributed by atoms with E-state index in [2.05, 4.69) is 45.0 Å². The summed E-state index contributed by atoms with van der Waals surface area (Å²) >= 11 is 0. The fraction of sp³-hybridized carbons (Fsp3) is 0.611. The number of likely N-dealkylation sites (tertiary alicyclic amines) is 2. The van der Waals surface area contributed by atoms with Gasteiger partial charge in [-0.1, -0.05) is 67.8 Å². The number of hydrogen-bond donors (Lipinski definition) is 1. The first kappa shape index (κ1) is 30.1. The van der Waals surface area contributed by atoms with Crippen molar-refractivity contribution in [2.24, 2.45) is 17.8 Å². The number of carboxylic acid groups (broad SMARTS) is 1. The van der Waals surface area contributed by atoms with Crippen LogP contribution in [0.2, 0.25) is 0 Å². The lowest BCUT2D eigenvalue weighted by Gasteiger charge is -2.40. The fourth-order valence-corrected chi connectivity index (χ4v) is 8.02. The maximum atomic E-state index is 13.4. The topological polar surface area (TPSA) is 73.3 Å². The standard InChI is InChI=1S/C36H49N3O4/c40-34(26-43-32-14-8-3-9-15-32)39(22-27-16-17-27)31-18-20-37(21-19-31)23-30-24-38(25-33(30)28-10-4-1-5-11-28)35(36(41)42)29-12-6-2-7-13-29/h1,3-5,8-11,14-15,27,29-31,33,35H,2,6-7,12-13,16-26H2,(H,41,42)/t30-,33+,35+/m0/s1. The van der Waals surface area contributed by atoms with Crippen LogP contribution in [0, 0.1) is 17.8 Å². The largest absolute Gasteiger partial charge is 0.484 e. The molecule has 2 aliphatic carbocycles. The molecule has 2 aromatic carbocycles. The number of hydrogen-bond acceptors (Lipinski definition) is 5. The summed E-state index contributed by atoms with van der Waals surface area (Å²) < 4.78 is 5.85. The number of piperidine rings is 1. The van der Waals surface area contributed by atoms with Crippen molar-refractivity contribution in [3.8, 4) is 5.75 Å². The Bertz CT molecular complexity index is 1180. The highest BCUT2D eigenvalue weighted by Crippen LogP contribution is 2.39. The predicted octanol–water partition coefficient (Wildman–Crippen LogP) is 5.52. The van der Waals surface area contributed by atoms with Gasteiger partial charge in [0, 0.05) is 51.2 Å². The van der Waals surface area contributed by atoms with E-state index in [1.807, 2.05) is 30.3 Å². The van der Waals surface area contributed by atoms with Crippen molar-refractivity contribution in [1.82, 2.24) is 14.7 Å². The molecule has 0 unspecified atom stereocenters. The zero-order valence-electron chi connectivity index (χ0n) is 25.6. The normalized spacial score (nSPS) is 24.9. The molecule has 0 spiro atoms. The highest BCUT2D eigenvalue weighted by molar-refractivity contribution is 5.78. The monoisotopic (exact) mass is 587 g/mol. The zero-order valence-corrected chi connectivity index (χ0v) is 25.6. The molecule has 2 saturated carbocycles. The van der Waals surface area contributed by atoms with Crippen molar-refractivity contribution < 1.29 is 19.4 Å². The number of rotatable bonds is 12. The molecule has 1 amide bonds. The van der Waals surface area contributed by atoms with Crippen LogP contribution in [-0.4, -0.2) is 89.6 Å². The molecule has 0 bridgehead atoms. The lowest BCUT2D eigenvalue weighted by molar-refractivity contribution is -0.145. The Morgan fingerprint density at radius 1 is 0.860 bits per heavy atom. The van der Waals surface area contributed by atoms with E-state index in [-0.39, 0.29) is 30.5 Å². The summed E-state index contributed by atoms with van der Waals surface area (Å²) in [5.74, 6) is 1.84. The van der Waals surface area contributed by atoms with E-state index in [4.69, 9.17) is 4.74 Å². The third-order valence-corrected chi connectivity index (χ3v) is 10.5. The van der Waals surface area contributed by atoms with Gasteiger partial charge in [0.2, 0.25) is 0 Å². The summed E-state index contributed by atoms with van der Waals surface area (Å²) in [4.78, 5) is 33.0. The van der Waals surface area contributed by atoms with Crippen LogP contribution in [0.1, 0.15) is 69.3 Å². The van der Waals surface area contributed by atoms with Crippen LogP contribution in [0.5, 0.6) is 5.75 Å². The van der Waals surface area contributed by atoms with E-state index >= 15 is 0 Å². The van der Waals surface area contributed by atoms with Gasteiger partial charge in [0.05, 0.1) is 0 Å². The number of carbonyl (C=O) groups excluding carboxylic acids is 1. The predicted molar refractivity (Wildman–Crippen MR) is 168 cm³/mol. The quantitative estimate of drug-likeness (QED) is 0.353. The summed E-state index contributed by atoms with van der Waals surface area (Å²) in [5.41, 5.74) is 1.33. The molecule has 0 radical (unpaired) electrons. The first-order valence-corrected chi connectivity index (χ1v) is 16.8. The summed E-state index contributed by atoms with van der Waals surface area (Å²) in [6.45, 7) is 5.54. The van der Waals surface area contributed by atoms with E-state index in [0.717, 1.165) is 83.5 Å². The Morgan fingerprint density at radius 2 is 1.53 bits per heavy atom. The maximum absolute atomic E-state index is 13.4. The molecule has 7 heteroatoms. The van der Waals surface area contributed by atoms with E-state index in [0.29, 0.717) is 17.8 Å². The molecule has 1 N–H and O–H groups in total. The van der Waals surface area contributed by atoms with Gasteiger partial charge in [0.1, 0.15) is 11.8 Å². The number of carboxylic acids is 1. The smallest absolute Gasteiger partial charge is 0.321 e. The molecule has 2 saturated heterocycles. The minimum Gasteiger partial charge on any atom is -0.484 e. The molecule has 7 nitrogen and oxygen atoms in total. The number of ether oxygens (including phenoxy) is 1. The average Bonchev–Trinajstić information content (AvgIpc) is 3.78. The van der Waals surface area contributed by atoms with Gasteiger partial charge in [-0.2, -0.15) is 0 Å². The first-order valence-electron chi connectivity index (χ1n) is 16.8. The van der Waals surface area contributed by atoms with Crippen molar-refractivity contribution in [1.29, 1.82) is 0 Å². The summed E-state index contributed by atoms with van der Waals surface area (Å²) in [7, 11) is 0.